The molecule has 0 unspecified atom stereocenters. The molecular weight excluding hydrogens is 226 g/mol. The SMILES string of the molecule is CCCc1ccc(-c2n[nH]c(=O)cc2CN)cc1. The van der Waals surface area contributed by atoms with Crippen LogP contribution in [-0.4, -0.2) is 10.2 Å². The number of aromatic amines is 1. The van der Waals surface area contributed by atoms with E-state index in [4.69, 9.17) is 5.73 Å². The van der Waals surface area contributed by atoms with Crippen LogP contribution in [0.2, 0.25) is 0 Å². The van der Waals surface area contributed by atoms with Gasteiger partial charge in [-0.3, -0.25) is 4.79 Å². The number of hydrogen-bond acceptors (Lipinski definition) is 3. The number of aromatic nitrogens is 2. The Hall–Kier alpha value is -1.94. The van der Waals surface area contributed by atoms with E-state index in [2.05, 4.69) is 29.3 Å². The molecule has 0 aliphatic carbocycles. The Morgan fingerprint density at radius 3 is 2.61 bits per heavy atom. The van der Waals surface area contributed by atoms with Crippen LogP contribution in [0.1, 0.15) is 24.5 Å². The minimum atomic E-state index is -0.221. The summed E-state index contributed by atoms with van der Waals surface area (Å²) in [6.07, 6.45) is 2.20. The van der Waals surface area contributed by atoms with Gasteiger partial charge in [-0.15, -0.1) is 0 Å². The van der Waals surface area contributed by atoms with Gasteiger partial charge in [0.25, 0.3) is 5.56 Å². The molecule has 1 aromatic heterocycles. The van der Waals surface area contributed by atoms with Crippen LogP contribution >= 0.6 is 0 Å². The maximum Gasteiger partial charge on any atom is 0.264 e. The maximum absolute atomic E-state index is 11.2. The van der Waals surface area contributed by atoms with Gasteiger partial charge in [0.2, 0.25) is 0 Å². The average Bonchev–Trinajstić information content (AvgIpc) is 2.40. The van der Waals surface area contributed by atoms with Crippen LogP contribution < -0.4 is 11.3 Å². The third kappa shape index (κ3) is 2.65. The Labute approximate surface area is 106 Å². The minimum Gasteiger partial charge on any atom is -0.326 e. The first-order valence-corrected chi connectivity index (χ1v) is 6.12. The molecule has 0 saturated heterocycles. The fourth-order valence-corrected chi connectivity index (χ4v) is 1.97. The summed E-state index contributed by atoms with van der Waals surface area (Å²) in [7, 11) is 0. The van der Waals surface area contributed by atoms with Gasteiger partial charge >= 0.3 is 0 Å². The largest absolute Gasteiger partial charge is 0.326 e. The molecule has 2 aromatic rings. The van der Waals surface area contributed by atoms with E-state index >= 15 is 0 Å². The lowest BCUT2D eigenvalue weighted by Crippen LogP contribution is -2.12. The summed E-state index contributed by atoms with van der Waals surface area (Å²) in [4.78, 5) is 11.2. The van der Waals surface area contributed by atoms with Gasteiger partial charge in [0.05, 0.1) is 5.69 Å². The molecule has 0 saturated carbocycles. The van der Waals surface area contributed by atoms with Crippen molar-refractivity contribution in [2.24, 2.45) is 5.73 Å². The van der Waals surface area contributed by atoms with E-state index in [0.29, 0.717) is 6.54 Å². The number of nitrogens with two attached hydrogens (primary N) is 1. The molecule has 4 heteroatoms. The number of H-pyrrole nitrogens is 1. The number of hydrogen-bond donors (Lipinski definition) is 2. The number of aryl methyl sites for hydroxylation is 1. The summed E-state index contributed by atoms with van der Waals surface area (Å²) in [5.41, 5.74) is 9.22. The molecule has 4 nitrogen and oxygen atoms in total. The van der Waals surface area contributed by atoms with Gasteiger partial charge in [0.1, 0.15) is 0 Å². The van der Waals surface area contributed by atoms with Crippen LogP contribution in [0, 0.1) is 0 Å². The highest BCUT2D eigenvalue weighted by Gasteiger charge is 2.06. The van der Waals surface area contributed by atoms with Gasteiger partial charge in [-0.25, -0.2) is 5.10 Å². The Morgan fingerprint density at radius 2 is 2.00 bits per heavy atom. The maximum atomic E-state index is 11.2. The molecule has 94 valence electrons. The van der Waals surface area contributed by atoms with E-state index in [1.807, 2.05) is 12.1 Å². The van der Waals surface area contributed by atoms with Crippen LogP contribution in [0.25, 0.3) is 11.3 Å². The molecule has 2 rings (SSSR count). The van der Waals surface area contributed by atoms with E-state index in [0.717, 1.165) is 29.7 Å². The Morgan fingerprint density at radius 1 is 1.28 bits per heavy atom. The second-order valence-corrected chi connectivity index (χ2v) is 4.26. The average molecular weight is 243 g/mol. The third-order valence-corrected chi connectivity index (χ3v) is 2.87. The second kappa shape index (κ2) is 5.60. The standard InChI is InChI=1S/C14H17N3O/c1-2-3-10-4-6-11(7-5-10)14-12(9-15)8-13(18)16-17-14/h4-8H,2-3,9,15H2,1H3,(H,16,18). The van der Waals surface area contributed by atoms with Crippen LogP contribution in [0.15, 0.2) is 35.1 Å². The lowest BCUT2D eigenvalue weighted by molar-refractivity contribution is 0.920. The van der Waals surface area contributed by atoms with E-state index in [9.17, 15) is 4.79 Å². The first-order valence-electron chi connectivity index (χ1n) is 6.12. The fraction of sp³-hybridized carbons (Fsp3) is 0.286. The smallest absolute Gasteiger partial charge is 0.264 e. The molecule has 1 heterocycles. The van der Waals surface area contributed by atoms with Crippen molar-refractivity contribution < 1.29 is 0 Å². The second-order valence-electron chi connectivity index (χ2n) is 4.26. The predicted octanol–water partition coefficient (Wildman–Crippen LogP) is 1.85. The van der Waals surface area contributed by atoms with Crippen molar-refractivity contribution in [3.8, 4) is 11.3 Å². The zero-order valence-electron chi connectivity index (χ0n) is 10.4. The first-order chi connectivity index (χ1) is 8.74. The van der Waals surface area contributed by atoms with Crippen LogP contribution in [0.4, 0.5) is 0 Å². The molecule has 1 aromatic carbocycles. The van der Waals surface area contributed by atoms with E-state index in [-0.39, 0.29) is 5.56 Å². The molecule has 0 bridgehead atoms. The van der Waals surface area contributed by atoms with E-state index in [1.54, 1.807) is 0 Å². The fourth-order valence-electron chi connectivity index (χ4n) is 1.97. The summed E-state index contributed by atoms with van der Waals surface area (Å²) < 4.78 is 0. The van der Waals surface area contributed by atoms with Crippen LogP contribution in [0.5, 0.6) is 0 Å². The molecule has 0 atom stereocenters. The number of benzene rings is 1. The van der Waals surface area contributed by atoms with Crippen molar-refractivity contribution in [1.82, 2.24) is 10.2 Å². The van der Waals surface area contributed by atoms with Crippen molar-refractivity contribution in [3.05, 3.63) is 51.8 Å². The number of nitrogens with one attached hydrogen (secondary N) is 1. The minimum absolute atomic E-state index is 0.221. The molecule has 0 aliphatic heterocycles. The van der Waals surface area contributed by atoms with Gasteiger partial charge in [-0.1, -0.05) is 37.6 Å². The van der Waals surface area contributed by atoms with Crippen LogP contribution in [-0.2, 0) is 13.0 Å². The van der Waals surface area contributed by atoms with Crippen molar-refractivity contribution >= 4 is 0 Å². The molecule has 0 radical (unpaired) electrons. The molecule has 0 amide bonds. The highest BCUT2D eigenvalue weighted by Crippen LogP contribution is 2.20. The summed E-state index contributed by atoms with van der Waals surface area (Å²) >= 11 is 0. The number of rotatable bonds is 4. The Kier molecular flexibility index (Phi) is 3.89. The summed E-state index contributed by atoms with van der Waals surface area (Å²) in [5, 5.41) is 6.53. The zero-order valence-corrected chi connectivity index (χ0v) is 10.4. The van der Waals surface area contributed by atoms with E-state index in [1.165, 1.54) is 11.6 Å². The monoisotopic (exact) mass is 243 g/mol. The number of nitrogens with zero attached hydrogens (tertiary/aromatic N) is 1. The Bertz CT molecular complexity index is 572. The summed E-state index contributed by atoms with van der Waals surface area (Å²) in [6.45, 7) is 2.47. The lowest BCUT2D eigenvalue weighted by atomic mass is 10.0. The summed E-state index contributed by atoms with van der Waals surface area (Å²) in [6, 6.07) is 9.72. The first kappa shape index (κ1) is 12.5. The van der Waals surface area contributed by atoms with Crippen molar-refractivity contribution in [2.75, 3.05) is 0 Å². The molecular formula is C14H17N3O. The Balaban J connectivity index is 2.39. The summed E-state index contributed by atoms with van der Waals surface area (Å²) in [5.74, 6) is 0. The quantitative estimate of drug-likeness (QED) is 0.860. The third-order valence-electron chi connectivity index (χ3n) is 2.87. The normalized spacial score (nSPS) is 10.6. The zero-order chi connectivity index (χ0) is 13.0. The van der Waals surface area contributed by atoms with Crippen molar-refractivity contribution in [1.29, 1.82) is 0 Å². The highest BCUT2D eigenvalue weighted by atomic mass is 16.1. The highest BCUT2D eigenvalue weighted by molar-refractivity contribution is 5.62. The van der Waals surface area contributed by atoms with Crippen molar-refractivity contribution in [2.45, 2.75) is 26.3 Å². The topological polar surface area (TPSA) is 71.8 Å². The lowest BCUT2D eigenvalue weighted by Gasteiger charge is -2.06. The van der Waals surface area contributed by atoms with Gasteiger partial charge < -0.3 is 5.73 Å². The molecule has 18 heavy (non-hydrogen) atoms. The van der Waals surface area contributed by atoms with Gasteiger partial charge in [-0.2, -0.15) is 5.10 Å². The van der Waals surface area contributed by atoms with Gasteiger partial charge in [-0.05, 0) is 17.5 Å². The molecule has 0 fully saturated rings. The van der Waals surface area contributed by atoms with Gasteiger partial charge in [0.15, 0.2) is 0 Å². The van der Waals surface area contributed by atoms with Crippen molar-refractivity contribution in [3.63, 3.8) is 0 Å². The molecule has 3 N–H and O–H groups in total. The van der Waals surface area contributed by atoms with E-state index < -0.39 is 0 Å². The predicted molar refractivity (Wildman–Crippen MR) is 72.2 cm³/mol. The molecule has 0 aliphatic rings. The van der Waals surface area contributed by atoms with Gasteiger partial charge in [0, 0.05) is 18.2 Å². The van der Waals surface area contributed by atoms with Crippen LogP contribution in [0.3, 0.4) is 0 Å². The molecule has 0 spiro atoms.